The molecule has 0 aliphatic rings. The van der Waals surface area contributed by atoms with Crippen LogP contribution in [0, 0.1) is 0 Å². The average Bonchev–Trinajstić information content (AvgIpc) is 2.07. The molecular weight excluding hydrogens is 196 g/mol. The van der Waals surface area contributed by atoms with E-state index in [1.165, 1.54) is 28.3 Å². The third-order valence-electron chi connectivity index (χ3n) is 1.96. The van der Waals surface area contributed by atoms with Crippen LogP contribution in [-0.4, -0.2) is 51.4 Å². The highest BCUT2D eigenvalue weighted by molar-refractivity contribution is 6.62. The fraction of sp³-hybridized carbons (Fsp3) is 1.00. The van der Waals surface area contributed by atoms with E-state index in [-0.39, 0.29) is 0 Å². The van der Waals surface area contributed by atoms with Crippen LogP contribution in [-0.2, 0) is 13.3 Å². The largest absolute Gasteiger partial charge is 0.511 e. The zero-order valence-corrected chi connectivity index (χ0v) is 9.14. The van der Waals surface area contributed by atoms with Crippen molar-refractivity contribution in [2.75, 3.05) is 21.3 Å². The third-order valence-corrected chi connectivity index (χ3v) is 5.12. The molecule has 0 radical (unpaired) electrons. The van der Waals surface area contributed by atoms with Crippen molar-refractivity contribution in [3.63, 3.8) is 0 Å². The minimum absolute atomic E-state index is 1.06. The van der Waals surface area contributed by atoms with E-state index >= 15 is 0 Å². The summed E-state index contributed by atoms with van der Waals surface area (Å²) in [5.41, 5.74) is -1.06. The lowest BCUT2D eigenvalue weighted by Crippen LogP contribution is -2.55. The minimum atomic E-state index is -3.21. The van der Waals surface area contributed by atoms with E-state index < -0.39 is 20.3 Å². The van der Waals surface area contributed by atoms with Gasteiger partial charge in [0.15, 0.2) is 0 Å². The Balaban J connectivity index is 4.73. The van der Waals surface area contributed by atoms with Crippen molar-refractivity contribution in [2.24, 2.45) is 0 Å². The van der Waals surface area contributed by atoms with Gasteiger partial charge in [0.2, 0.25) is 0 Å². The average molecular weight is 212 g/mol. The van der Waals surface area contributed by atoms with Crippen molar-refractivity contribution in [1.82, 2.24) is 0 Å². The standard InChI is InChI=1S/C6H16O6Si/c1-5(6(7,8)9)13(10-2,11-3)12-4/h5,7-9H,1-4H3. The summed E-state index contributed by atoms with van der Waals surface area (Å²) in [4.78, 5) is 0. The molecule has 0 rings (SSSR count). The van der Waals surface area contributed by atoms with Gasteiger partial charge in [-0.2, -0.15) is 0 Å². The Kier molecular flexibility index (Phi) is 4.46. The molecule has 3 N–H and O–H groups in total. The van der Waals surface area contributed by atoms with Crippen LogP contribution in [0.3, 0.4) is 0 Å². The number of aliphatic hydroxyl groups is 3. The molecule has 7 heteroatoms. The summed E-state index contributed by atoms with van der Waals surface area (Å²) in [5, 5.41) is 26.8. The first kappa shape index (κ1) is 13.0. The molecule has 0 aromatic heterocycles. The maximum absolute atomic E-state index is 8.92. The minimum Gasteiger partial charge on any atom is -0.376 e. The summed E-state index contributed by atoms with van der Waals surface area (Å²) in [7, 11) is 0.756. The van der Waals surface area contributed by atoms with Gasteiger partial charge in [0.1, 0.15) is 5.54 Å². The van der Waals surface area contributed by atoms with Crippen LogP contribution < -0.4 is 0 Å². The van der Waals surface area contributed by atoms with Crippen LogP contribution in [0.4, 0.5) is 0 Å². The van der Waals surface area contributed by atoms with Gasteiger partial charge in [0, 0.05) is 21.3 Å². The van der Waals surface area contributed by atoms with Gasteiger partial charge < -0.3 is 28.6 Å². The SMILES string of the molecule is CO[Si](OC)(OC)C(C)C(O)(O)O. The Morgan fingerprint density at radius 1 is 1.00 bits per heavy atom. The van der Waals surface area contributed by atoms with Crippen LogP contribution >= 0.6 is 0 Å². The van der Waals surface area contributed by atoms with Crippen LogP contribution in [0.5, 0.6) is 0 Å². The quantitative estimate of drug-likeness (QED) is 0.395. The van der Waals surface area contributed by atoms with Gasteiger partial charge in [0.05, 0.1) is 0 Å². The van der Waals surface area contributed by atoms with Crippen LogP contribution in [0.2, 0.25) is 5.54 Å². The van der Waals surface area contributed by atoms with Crippen LogP contribution in [0.15, 0.2) is 0 Å². The molecule has 0 saturated carbocycles. The van der Waals surface area contributed by atoms with E-state index in [2.05, 4.69) is 0 Å². The van der Waals surface area contributed by atoms with E-state index in [9.17, 15) is 0 Å². The van der Waals surface area contributed by atoms with Gasteiger partial charge >= 0.3 is 8.80 Å². The highest BCUT2D eigenvalue weighted by Crippen LogP contribution is 2.30. The molecule has 6 nitrogen and oxygen atoms in total. The van der Waals surface area contributed by atoms with Crippen LogP contribution in [0.1, 0.15) is 6.92 Å². The summed E-state index contributed by atoms with van der Waals surface area (Å²) >= 11 is 0. The predicted octanol–water partition coefficient (Wildman–Crippen LogP) is -1.11. The smallest absolute Gasteiger partial charge is 0.376 e. The Labute approximate surface area is 78.0 Å². The molecule has 1 unspecified atom stereocenters. The van der Waals surface area contributed by atoms with E-state index in [0.29, 0.717) is 0 Å². The molecule has 0 spiro atoms. The first-order valence-corrected chi connectivity index (χ1v) is 5.46. The Morgan fingerprint density at radius 2 is 1.31 bits per heavy atom. The molecule has 0 saturated heterocycles. The van der Waals surface area contributed by atoms with Gasteiger partial charge in [-0.25, -0.2) is 0 Å². The summed E-state index contributed by atoms with van der Waals surface area (Å²) in [6, 6.07) is 0. The van der Waals surface area contributed by atoms with Gasteiger partial charge in [-0.1, -0.05) is 6.92 Å². The molecule has 0 heterocycles. The fourth-order valence-corrected chi connectivity index (χ4v) is 3.05. The topological polar surface area (TPSA) is 88.4 Å². The lowest BCUT2D eigenvalue weighted by molar-refractivity contribution is -0.317. The van der Waals surface area contributed by atoms with Crippen molar-refractivity contribution >= 4 is 8.80 Å². The van der Waals surface area contributed by atoms with E-state index in [1.54, 1.807) is 0 Å². The summed E-state index contributed by atoms with van der Waals surface area (Å²) < 4.78 is 14.8. The maximum Gasteiger partial charge on any atom is 0.511 e. The first-order valence-electron chi connectivity index (χ1n) is 3.66. The number of rotatable bonds is 5. The van der Waals surface area contributed by atoms with Crippen molar-refractivity contribution in [3.05, 3.63) is 0 Å². The summed E-state index contributed by atoms with van der Waals surface area (Å²) in [6.45, 7) is 1.36. The van der Waals surface area contributed by atoms with Gasteiger partial charge in [-0.15, -0.1) is 0 Å². The number of hydrogen-bond donors (Lipinski definition) is 3. The second-order valence-corrected chi connectivity index (χ2v) is 5.92. The second-order valence-electron chi connectivity index (χ2n) is 2.62. The van der Waals surface area contributed by atoms with Crippen molar-refractivity contribution in [2.45, 2.75) is 18.4 Å². The fourth-order valence-electron chi connectivity index (χ4n) is 1.02. The van der Waals surface area contributed by atoms with E-state index in [0.717, 1.165) is 0 Å². The number of hydrogen-bond acceptors (Lipinski definition) is 6. The lowest BCUT2D eigenvalue weighted by Gasteiger charge is -2.34. The van der Waals surface area contributed by atoms with Crippen molar-refractivity contribution < 1.29 is 28.6 Å². The highest BCUT2D eigenvalue weighted by Gasteiger charge is 2.54. The predicted molar refractivity (Wildman–Crippen MR) is 45.6 cm³/mol. The van der Waals surface area contributed by atoms with Gasteiger partial charge in [-0.3, -0.25) is 0 Å². The Bertz CT molecular complexity index is 143. The van der Waals surface area contributed by atoms with Gasteiger partial charge in [0.25, 0.3) is 5.97 Å². The first-order chi connectivity index (χ1) is 5.84. The molecule has 0 fully saturated rings. The van der Waals surface area contributed by atoms with E-state index in [4.69, 9.17) is 28.6 Å². The summed E-state index contributed by atoms with van der Waals surface area (Å²) in [6.07, 6.45) is 0. The molecule has 80 valence electrons. The molecule has 13 heavy (non-hydrogen) atoms. The molecule has 0 bridgehead atoms. The monoisotopic (exact) mass is 212 g/mol. The van der Waals surface area contributed by atoms with Crippen LogP contribution in [0.25, 0.3) is 0 Å². The molecule has 0 aromatic rings. The highest BCUT2D eigenvalue weighted by atomic mass is 28.4. The lowest BCUT2D eigenvalue weighted by atomic mass is 10.4. The van der Waals surface area contributed by atoms with Gasteiger partial charge in [-0.05, 0) is 0 Å². The third kappa shape index (κ3) is 2.71. The molecule has 0 aliphatic heterocycles. The maximum atomic E-state index is 8.92. The zero-order valence-electron chi connectivity index (χ0n) is 8.14. The molecule has 0 amide bonds. The van der Waals surface area contributed by atoms with Crippen molar-refractivity contribution in [1.29, 1.82) is 0 Å². The zero-order chi connectivity index (χ0) is 10.7. The molecule has 0 aliphatic carbocycles. The molecule has 1 atom stereocenters. The Hall–Kier alpha value is -0.0231. The van der Waals surface area contributed by atoms with E-state index in [1.807, 2.05) is 0 Å². The Morgan fingerprint density at radius 3 is 1.38 bits per heavy atom. The summed E-state index contributed by atoms with van der Waals surface area (Å²) in [5.74, 6) is -2.87. The molecular formula is C6H16O6Si. The second kappa shape index (κ2) is 4.47. The molecule has 0 aromatic carbocycles. The van der Waals surface area contributed by atoms with Crippen molar-refractivity contribution in [3.8, 4) is 0 Å². The normalized spacial score (nSPS) is 15.9.